The van der Waals surface area contributed by atoms with E-state index in [1.165, 1.54) is 19.3 Å². The first-order valence-corrected chi connectivity index (χ1v) is 42.4. The van der Waals surface area contributed by atoms with Crippen LogP contribution in [0.4, 0.5) is 4.79 Å². The van der Waals surface area contributed by atoms with E-state index in [4.69, 9.17) is 24.7 Å². The number of Topliss-reactive ketones (excluding diaryl/α,β-unsaturated/α-hetero) is 5. The van der Waals surface area contributed by atoms with E-state index in [-0.39, 0.29) is 173 Å². The number of amides is 9. The van der Waals surface area contributed by atoms with E-state index in [1.54, 1.807) is 56.9 Å². The molecular formula is C88H135N9O21. The lowest BCUT2D eigenvalue weighted by atomic mass is 9.83. The third-order valence-electron chi connectivity index (χ3n) is 24.1. The number of urea groups is 1. The molecule has 2 aromatic carbocycles. The maximum absolute atomic E-state index is 14.7. The SMILES string of the molecule is CC[C@H](C)[C@@H]([C@@H](CC(=O)N1CCCC1C(OC)C(C)C(=O)C[C@@H](Cc1ccccc1)C(=O)NCCc1ccc(CC(=O)C(CCCNC(N)=O)NC(=O)[C@H](CC(=O)C[C@@H]2O[C@H](CNC(=O)C[C@@H]3OC(CCC(=O)CCCCCN4C(=O)C=CC4=O)[C@@H](O)[C@H]3O)C(O)C2O)C(C)C)cc1)OC)N(C)C(=O)[C@@H](CC(=O)C(C(C)C)N(C)C)C(C)C. The highest BCUT2D eigenvalue weighted by molar-refractivity contribution is 6.12. The van der Waals surface area contributed by atoms with Crippen molar-refractivity contribution in [2.24, 2.45) is 53.1 Å². The number of primary amides is 1. The molecule has 118 heavy (non-hydrogen) atoms. The molecule has 0 radical (unpaired) electrons. The summed E-state index contributed by atoms with van der Waals surface area (Å²) in [5.41, 5.74) is 7.63. The number of carbonyl (C=O) groups is 13. The largest absolute Gasteiger partial charge is 0.388 e. The maximum atomic E-state index is 14.7. The minimum absolute atomic E-state index is 0.00315. The number of hydrogen-bond acceptors (Lipinski definition) is 22. The van der Waals surface area contributed by atoms with Crippen molar-refractivity contribution in [1.29, 1.82) is 0 Å². The summed E-state index contributed by atoms with van der Waals surface area (Å²) >= 11 is 0. The summed E-state index contributed by atoms with van der Waals surface area (Å²) in [6.07, 6.45) is -5.72. The molecule has 658 valence electrons. The molecule has 0 bridgehead atoms. The number of nitrogens with one attached hydrogen (secondary N) is 4. The zero-order valence-electron chi connectivity index (χ0n) is 71.8. The number of rotatable bonds is 53. The molecule has 2 aromatic rings. The quantitative estimate of drug-likeness (QED) is 0.0314. The summed E-state index contributed by atoms with van der Waals surface area (Å²) in [6, 6.07) is 13.5. The number of aliphatic hydroxyl groups excluding tert-OH is 4. The number of hydrogen-bond donors (Lipinski definition) is 9. The number of imide groups is 1. The van der Waals surface area contributed by atoms with Crippen molar-refractivity contribution < 1.29 is 102 Å². The van der Waals surface area contributed by atoms with E-state index < -0.39 is 145 Å². The molecule has 4 aliphatic rings. The van der Waals surface area contributed by atoms with Gasteiger partial charge in [0.1, 0.15) is 47.9 Å². The monoisotopic (exact) mass is 1650 g/mol. The number of methoxy groups -OCH3 is 2. The Morgan fingerprint density at radius 2 is 1.24 bits per heavy atom. The van der Waals surface area contributed by atoms with Crippen LogP contribution in [-0.4, -0.2) is 270 Å². The lowest BCUT2D eigenvalue weighted by molar-refractivity contribution is -0.149. The van der Waals surface area contributed by atoms with Gasteiger partial charge in [0.05, 0.1) is 67.5 Å². The van der Waals surface area contributed by atoms with E-state index in [0.29, 0.717) is 57.1 Å². The van der Waals surface area contributed by atoms with Gasteiger partial charge in [0, 0.05) is 135 Å². The van der Waals surface area contributed by atoms with Crippen molar-refractivity contribution in [3.05, 3.63) is 83.4 Å². The fourth-order valence-corrected chi connectivity index (χ4v) is 17.0. The third-order valence-corrected chi connectivity index (χ3v) is 24.1. The standard InChI is InChI=1S/C88H135N9O21/c1-15-54(8)79(95(12)87(113)63(52(4)5)47-68(102)78(53(6)7)94(10)11)70(115-13)49-77(106)96-41-23-28-65(96)84(116-14)55(9)66(100)44-59(42-57-24-18-16-19-25-57)85(111)90-39-37-56-29-31-58(32-30-56)43-67(101)64(27-22-38-91-88(89)114)93-86(112)62(51(2)3)45-61(99)46-71-81(108)83(110)73(118-71)50-92-74(103)48-72-82(109)80(107)69(117-72)34-33-60(98)26-20-17-21-40-97-75(104)35-36-76(97)105/h16,18-19,24-25,29-32,35-36,51-55,59,62-65,69-73,78-84,107-110H,15,17,20-23,26-28,33-34,37-50H2,1-14H3,(H,90,111)(H,92,103)(H,93,112)(H3,89,91,114)/t54-,55?,59+,62+,63-,64?,65?,69?,70+,71-,72-,73+,78?,79-,80+,81?,82-,83?,84?/m0/s1. The lowest BCUT2D eigenvalue weighted by Gasteiger charge is -2.41. The molecule has 9 amide bonds. The summed E-state index contributed by atoms with van der Waals surface area (Å²) in [4.78, 5) is 182. The molecule has 19 atom stereocenters. The molecule has 0 aromatic heterocycles. The maximum Gasteiger partial charge on any atom is 0.312 e. The Balaban J connectivity index is 0.994. The highest BCUT2D eigenvalue weighted by atomic mass is 16.6. The van der Waals surface area contributed by atoms with Gasteiger partial charge in [0.2, 0.25) is 29.5 Å². The Morgan fingerprint density at radius 3 is 1.84 bits per heavy atom. The fraction of sp³-hybridized carbons (Fsp3) is 0.693. The molecule has 6 rings (SSSR count). The Kier molecular flexibility index (Phi) is 40.5. The molecule has 8 unspecified atom stereocenters. The second kappa shape index (κ2) is 48.4. The first-order valence-electron chi connectivity index (χ1n) is 42.4. The van der Waals surface area contributed by atoms with Crippen molar-refractivity contribution in [3.63, 3.8) is 0 Å². The highest BCUT2D eigenvalue weighted by Gasteiger charge is 2.48. The zero-order chi connectivity index (χ0) is 87.4. The Labute approximate surface area is 696 Å². The summed E-state index contributed by atoms with van der Waals surface area (Å²) < 4.78 is 24.0. The first kappa shape index (κ1) is 98.8. The van der Waals surface area contributed by atoms with Crippen LogP contribution in [-0.2, 0) is 95.7 Å². The molecular weight excluding hydrogens is 1520 g/mol. The molecule has 0 spiro atoms. The Morgan fingerprint density at radius 1 is 0.619 bits per heavy atom. The summed E-state index contributed by atoms with van der Waals surface area (Å²) in [7, 11) is 8.56. The van der Waals surface area contributed by atoms with Gasteiger partial charge in [-0.25, -0.2) is 4.79 Å². The molecule has 4 heterocycles. The number of aliphatic hydroxyl groups is 4. The molecule has 3 fully saturated rings. The van der Waals surface area contributed by atoms with Gasteiger partial charge in [-0.05, 0) is 112 Å². The van der Waals surface area contributed by atoms with Crippen LogP contribution < -0.4 is 27.0 Å². The number of nitrogens with zero attached hydrogens (tertiary/aromatic N) is 4. The van der Waals surface area contributed by atoms with Crippen LogP contribution in [0.1, 0.15) is 188 Å². The van der Waals surface area contributed by atoms with Gasteiger partial charge in [-0.1, -0.05) is 130 Å². The van der Waals surface area contributed by atoms with Crippen molar-refractivity contribution in [2.45, 2.75) is 276 Å². The van der Waals surface area contributed by atoms with Crippen molar-refractivity contribution >= 4 is 76.3 Å². The molecule has 30 heteroatoms. The van der Waals surface area contributed by atoms with E-state index in [0.717, 1.165) is 16.0 Å². The van der Waals surface area contributed by atoms with Crippen LogP contribution in [0.15, 0.2) is 66.7 Å². The van der Waals surface area contributed by atoms with Crippen LogP contribution >= 0.6 is 0 Å². The number of carbonyl (C=O) groups excluding carboxylic acids is 13. The van der Waals surface area contributed by atoms with Crippen LogP contribution in [0.25, 0.3) is 0 Å². The predicted octanol–water partition coefficient (Wildman–Crippen LogP) is 4.89. The summed E-state index contributed by atoms with van der Waals surface area (Å²) in [5.74, 6) is -7.46. The van der Waals surface area contributed by atoms with Crippen LogP contribution in [0.3, 0.4) is 0 Å². The number of likely N-dealkylation sites (tertiary alicyclic amines) is 1. The van der Waals surface area contributed by atoms with Gasteiger partial charge in [-0.2, -0.15) is 0 Å². The first-order chi connectivity index (χ1) is 55.9. The Bertz CT molecular complexity index is 3660. The molecule has 3 saturated heterocycles. The van der Waals surface area contributed by atoms with Gasteiger partial charge >= 0.3 is 6.03 Å². The third kappa shape index (κ3) is 29.1. The smallest absolute Gasteiger partial charge is 0.312 e. The second-order valence-electron chi connectivity index (χ2n) is 34.1. The zero-order valence-corrected chi connectivity index (χ0v) is 71.8. The van der Waals surface area contributed by atoms with Gasteiger partial charge in [0.15, 0.2) is 11.6 Å². The number of unbranched alkanes of at least 4 members (excludes halogenated alkanes) is 2. The van der Waals surface area contributed by atoms with E-state index in [9.17, 15) is 82.8 Å². The minimum Gasteiger partial charge on any atom is -0.388 e. The number of nitrogens with two attached hydrogens (primary N) is 1. The number of ether oxygens (including phenoxy) is 4. The van der Waals surface area contributed by atoms with Gasteiger partial charge in [-0.3, -0.25) is 67.3 Å². The Hall–Kier alpha value is -8.07. The fourth-order valence-electron chi connectivity index (χ4n) is 17.0. The van der Waals surface area contributed by atoms with Gasteiger partial charge in [0.25, 0.3) is 11.8 Å². The number of ketones is 5. The van der Waals surface area contributed by atoms with Gasteiger partial charge < -0.3 is 76.2 Å². The second-order valence-corrected chi connectivity index (χ2v) is 34.1. The van der Waals surface area contributed by atoms with Crippen LogP contribution in [0, 0.1) is 47.3 Å². The topological polar surface area (TPSA) is 427 Å². The minimum atomic E-state index is -1.56. The van der Waals surface area contributed by atoms with Crippen molar-refractivity contribution in [3.8, 4) is 0 Å². The van der Waals surface area contributed by atoms with Crippen molar-refractivity contribution in [1.82, 2.24) is 40.9 Å². The number of likely N-dealkylation sites (N-methyl/N-ethyl adjacent to an activating group) is 2. The van der Waals surface area contributed by atoms with E-state index in [2.05, 4.69) is 21.3 Å². The predicted molar refractivity (Wildman–Crippen MR) is 440 cm³/mol. The van der Waals surface area contributed by atoms with Crippen LogP contribution in [0.5, 0.6) is 0 Å². The molecule has 0 saturated carbocycles. The average molecular weight is 1660 g/mol. The van der Waals surface area contributed by atoms with E-state index in [1.807, 2.05) is 103 Å². The van der Waals surface area contributed by atoms with E-state index >= 15 is 0 Å². The van der Waals surface area contributed by atoms with Gasteiger partial charge in [-0.15, -0.1) is 0 Å². The highest BCUT2D eigenvalue weighted by Crippen LogP contribution is 2.34. The van der Waals surface area contributed by atoms with Crippen LogP contribution in [0.2, 0.25) is 0 Å². The number of benzene rings is 2. The molecule has 30 nitrogen and oxygen atoms in total. The average Bonchev–Trinajstić information content (AvgIpc) is 1.24. The van der Waals surface area contributed by atoms with Crippen molar-refractivity contribution in [2.75, 3.05) is 68.1 Å². The molecule has 10 N–H and O–H groups in total. The summed E-state index contributed by atoms with van der Waals surface area (Å²) in [5, 5.41) is 54.5. The summed E-state index contributed by atoms with van der Waals surface area (Å²) in [6.45, 7) is 17.9. The molecule has 0 aliphatic carbocycles. The molecule has 4 aliphatic heterocycles. The lowest BCUT2D eigenvalue weighted by Crippen LogP contribution is -2.54. The normalized spacial score (nSPS) is 22.5.